The summed E-state index contributed by atoms with van der Waals surface area (Å²) in [7, 11) is 0. The van der Waals surface area contributed by atoms with Crippen molar-refractivity contribution < 1.29 is 18.0 Å². The van der Waals surface area contributed by atoms with Crippen LogP contribution in [0.25, 0.3) is 0 Å². The molecule has 0 aliphatic rings. The van der Waals surface area contributed by atoms with E-state index in [4.69, 9.17) is 0 Å². The van der Waals surface area contributed by atoms with Crippen molar-refractivity contribution in [2.75, 3.05) is 10.6 Å². The van der Waals surface area contributed by atoms with Crippen LogP contribution in [0, 0.1) is 0 Å². The van der Waals surface area contributed by atoms with Gasteiger partial charge in [-0.25, -0.2) is 4.98 Å². The zero-order valence-corrected chi connectivity index (χ0v) is 13.4. The van der Waals surface area contributed by atoms with Crippen LogP contribution < -0.4 is 10.6 Å². The van der Waals surface area contributed by atoms with Gasteiger partial charge in [0.25, 0.3) is 5.91 Å². The second-order valence-electron chi connectivity index (χ2n) is 5.42. The summed E-state index contributed by atoms with van der Waals surface area (Å²) in [6, 6.07) is 16.9. The molecule has 0 aliphatic heterocycles. The van der Waals surface area contributed by atoms with Gasteiger partial charge in [-0.05, 0) is 36.4 Å². The molecule has 3 rings (SSSR count). The van der Waals surface area contributed by atoms with Crippen LogP contribution >= 0.6 is 0 Å². The van der Waals surface area contributed by atoms with Crippen molar-refractivity contribution in [2.24, 2.45) is 0 Å². The summed E-state index contributed by atoms with van der Waals surface area (Å²) in [5.41, 5.74) is -0.222. The van der Waals surface area contributed by atoms with Crippen molar-refractivity contribution in [3.05, 3.63) is 84.1 Å². The maximum Gasteiger partial charge on any atom is 0.418 e. The SMILES string of the molecule is O=C(Nc1ccccc1C(F)(F)F)c1ccnc(Nc2ccccc2)c1. The molecule has 0 atom stereocenters. The van der Waals surface area contributed by atoms with Crippen molar-refractivity contribution in [1.29, 1.82) is 0 Å². The van der Waals surface area contributed by atoms with Crippen molar-refractivity contribution >= 4 is 23.1 Å². The largest absolute Gasteiger partial charge is 0.418 e. The molecule has 132 valence electrons. The molecule has 0 aliphatic carbocycles. The highest BCUT2D eigenvalue weighted by molar-refractivity contribution is 6.05. The van der Waals surface area contributed by atoms with E-state index < -0.39 is 17.6 Å². The molecule has 3 aromatic rings. The van der Waals surface area contributed by atoms with E-state index in [0.717, 1.165) is 11.8 Å². The second-order valence-corrected chi connectivity index (χ2v) is 5.42. The van der Waals surface area contributed by atoms with E-state index in [2.05, 4.69) is 15.6 Å². The monoisotopic (exact) mass is 357 g/mol. The fourth-order valence-corrected chi connectivity index (χ4v) is 2.34. The Kier molecular flexibility index (Phi) is 4.88. The van der Waals surface area contributed by atoms with Gasteiger partial charge in [0.15, 0.2) is 0 Å². The van der Waals surface area contributed by atoms with E-state index in [1.165, 1.54) is 36.5 Å². The molecule has 0 spiro atoms. The lowest BCUT2D eigenvalue weighted by Crippen LogP contribution is -2.16. The molecule has 1 heterocycles. The average Bonchev–Trinajstić information content (AvgIpc) is 2.62. The topological polar surface area (TPSA) is 54.0 Å². The molecule has 26 heavy (non-hydrogen) atoms. The lowest BCUT2D eigenvalue weighted by molar-refractivity contribution is -0.136. The fourth-order valence-electron chi connectivity index (χ4n) is 2.34. The lowest BCUT2D eigenvalue weighted by Gasteiger charge is -2.14. The summed E-state index contributed by atoms with van der Waals surface area (Å²) < 4.78 is 39.1. The first kappa shape index (κ1) is 17.5. The maximum atomic E-state index is 13.0. The van der Waals surface area contributed by atoms with Crippen molar-refractivity contribution in [3.8, 4) is 0 Å². The van der Waals surface area contributed by atoms with Gasteiger partial charge in [0.1, 0.15) is 5.82 Å². The number of halogens is 3. The van der Waals surface area contributed by atoms with E-state index >= 15 is 0 Å². The summed E-state index contributed by atoms with van der Waals surface area (Å²) in [5.74, 6) is -0.242. The molecule has 0 bridgehead atoms. The number of aromatic nitrogens is 1. The second kappa shape index (κ2) is 7.26. The Bertz CT molecular complexity index is 911. The summed E-state index contributed by atoms with van der Waals surface area (Å²) in [6.45, 7) is 0. The minimum atomic E-state index is -4.55. The Morgan fingerprint density at radius 2 is 1.62 bits per heavy atom. The first-order chi connectivity index (χ1) is 12.4. The van der Waals surface area contributed by atoms with Crippen LogP contribution in [-0.4, -0.2) is 10.9 Å². The molecule has 0 radical (unpaired) electrons. The van der Waals surface area contributed by atoms with Gasteiger partial charge >= 0.3 is 6.18 Å². The molecule has 1 amide bonds. The Morgan fingerprint density at radius 1 is 0.923 bits per heavy atom. The highest BCUT2D eigenvalue weighted by atomic mass is 19.4. The lowest BCUT2D eigenvalue weighted by atomic mass is 10.1. The van der Waals surface area contributed by atoms with Gasteiger partial charge < -0.3 is 10.6 Å². The molecule has 2 aromatic carbocycles. The van der Waals surface area contributed by atoms with E-state index in [0.29, 0.717) is 5.82 Å². The molecular weight excluding hydrogens is 343 g/mol. The molecule has 2 N–H and O–H groups in total. The predicted molar refractivity (Wildman–Crippen MR) is 93.4 cm³/mol. The van der Waals surface area contributed by atoms with E-state index in [-0.39, 0.29) is 11.3 Å². The number of alkyl halides is 3. The predicted octanol–water partition coefficient (Wildman–Crippen LogP) is 5.10. The highest BCUT2D eigenvalue weighted by Gasteiger charge is 2.33. The molecule has 0 unspecified atom stereocenters. The number of nitrogens with zero attached hydrogens (tertiary/aromatic N) is 1. The number of carbonyl (C=O) groups excluding carboxylic acids is 1. The van der Waals surface area contributed by atoms with Crippen LogP contribution in [0.4, 0.5) is 30.4 Å². The standard InChI is InChI=1S/C19H14F3N3O/c20-19(21,22)15-8-4-5-9-16(15)25-18(26)13-10-11-23-17(12-13)24-14-6-2-1-3-7-14/h1-12H,(H,23,24)(H,25,26). The zero-order valence-electron chi connectivity index (χ0n) is 13.4. The highest BCUT2D eigenvalue weighted by Crippen LogP contribution is 2.34. The zero-order chi connectivity index (χ0) is 18.6. The van der Waals surface area contributed by atoms with Crippen LogP contribution in [0.3, 0.4) is 0 Å². The average molecular weight is 357 g/mol. The van der Waals surface area contributed by atoms with Crippen LogP contribution in [0.1, 0.15) is 15.9 Å². The number of hydrogen-bond donors (Lipinski definition) is 2. The van der Waals surface area contributed by atoms with Crippen LogP contribution in [-0.2, 0) is 6.18 Å². The molecule has 4 nitrogen and oxygen atoms in total. The number of hydrogen-bond acceptors (Lipinski definition) is 3. The van der Waals surface area contributed by atoms with Gasteiger partial charge in [-0.3, -0.25) is 4.79 Å². The van der Waals surface area contributed by atoms with Crippen LogP contribution in [0.5, 0.6) is 0 Å². The van der Waals surface area contributed by atoms with Gasteiger partial charge in [-0.2, -0.15) is 13.2 Å². The summed E-state index contributed by atoms with van der Waals surface area (Å²) in [6.07, 6.45) is -3.14. The van der Waals surface area contributed by atoms with E-state index in [1.807, 2.05) is 30.3 Å². The summed E-state index contributed by atoms with van der Waals surface area (Å²) in [4.78, 5) is 16.5. The number of anilines is 3. The number of pyridine rings is 1. The number of para-hydroxylation sites is 2. The van der Waals surface area contributed by atoms with Crippen LogP contribution in [0.2, 0.25) is 0 Å². The number of benzene rings is 2. The Hall–Kier alpha value is -3.35. The van der Waals surface area contributed by atoms with E-state index in [1.54, 1.807) is 0 Å². The molecular formula is C19H14F3N3O. The number of carbonyl (C=O) groups is 1. The minimum absolute atomic E-state index is 0.190. The van der Waals surface area contributed by atoms with Crippen molar-refractivity contribution in [2.45, 2.75) is 6.18 Å². The number of amides is 1. The van der Waals surface area contributed by atoms with E-state index in [9.17, 15) is 18.0 Å². The third-order valence-electron chi connectivity index (χ3n) is 3.55. The summed E-state index contributed by atoms with van der Waals surface area (Å²) in [5, 5.41) is 5.34. The van der Waals surface area contributed by atoms with Gasteiger partial charge in [0.2, 0.25) is 0 Å². The quantitative estimate of drug-likeness (QED) is 0.683. The first-order valence-electron chi connectivity index (χ1n) is 7.69. The minimum Gasteiger partial charge on any atom is -0.340 e. The van der Waals surface area contributed by atoms with Gasteiger partial charge in [0, 0.05) is 17.4 Å². The smallest absolute Gasteiger partial charge is 0.340 e. The normalized spacial score (nSPS) is 11.0. The molecule has 0 saturated carbocycles. The fraction of sp³-hybridized carbons (Fsp3) is 0.0526. The van der Waals surface area contributed by atoms with Gasteiger partial charge in [-0.15, -0.1) is 0 Å². The Balaban J connectivity index is 1.80. The van der Waals surface area contributed by atoms with Gasteiger partial charge in [-0.1, -0.05) is 30.3 Å². The Labute approximate surface area is 147 Å². The number of nitrogens with one attached hydrogen (secondary N) is 2. The maximum absolute atomic E-state index is 13.0. The summed E-state index contributed by atoms with van der Waals surface area (Å²) >= 11 is 0. The third kappa shape index (κ3) is 4.18. The third-order valence-corrected chi connectivity index (χ3v) is 3.55. The van der Waals surface area contributed by atoms with Crippen molar-refractivity contribution in [3.63, 3.8) is 0 Å². The molecule has 7 heteroatoms. The van der Waals surface area contributed by atoms with Gasteiger partial charge in [0.05, 0.1) is 11.3 Å². The van der Waals surface area contributed by atoms with Crippen LogP contribution in [0.15, 0.2) is 72.9 Å². The first-order valence-corrected chi connectivity index (χ1v) is 7.69. The number of rotatable bonds is 4. The molecule has 0 fully saturated rings. The molecule has 1 aromatic heterocycles. The van der Waals surface area contributed by atoms with Crippen molar-refractivity contribution in [1.82, 2.24) is 4.98 Å². The molecule has 0 saturated heterocycles. The Morgan fingerprint density at radius 3 is 2.35 bits per heavy atom.